The summed E-state index contributed by atoms with van der Waals surface area (Å²) < 4.78 is 70.9. The van der Waals surface area contributed by atoms with Crippen LogP contribution in [0.3, 0.4) is 0 Å². The van der Waals surface area contributed by atoms with Gasteiger partial charge in [-0.1, -0.05) is 78.4 Å². The number of nitriles is 1. The third-order valence-electron chi connectivity index (χ3n) is 10.6. The number of carbonyl (C=O) groups is 2. The molecule has 0 bridgehead atoms. The summed E-state index contributed by atoms with van der Waals surface area (Å²) in [5, 5.41) is 10.4. The van der Waals surface area contributed by atoms with Gasteiger partial charge in [-0.15, -0.1) is 23.2 Å². The van der Waals surface area contributed by atoms with Gasteiger partial charge < -0.3 is 64.1 Å². The van der Waals surface area contributed by atoms with Crippen molar-refractivity contribution in [3.8, 4) is 17.6 Å². The number of nitrogens with one attached hydrogen (secondary N) is 1. The van der Waals surface area contributed by atoms with Crippen molar-refractivity contribution in [2.45, 2.75) is 153 Å². The lowest BCUT2D eigenvalue weighted by Gasteiger charge is -2.26. The highest BCUT2D eigenvalue weighted by Gasteiger charge is 2.33. The Morgan fingerprint density at radius 2 is 1.08 bits per heavy atom. The molecule has 0 aliphatic heterocycles. The van der Waals surface area contributed by atoms with Gasteiger partial charge in [0.2, 0.25) is 9.23 Å². The normalized spacial score (nSPS) is 13.0. The molecule has 0 aliphatic rings. The number of nitrogen functional groups attached to an aromatic ring is 2. The number of nitrogens with zero attached hydrogens (tertiary/aromatic N) is 10. The molecule has 0 amide bonds. The monoisotopic (exact) mass is 1610 g/mol. The fraction of sp³-hybridized carbons (Fsp3) is 0.537. The molecule has 8 N–H and O–H groups in total. The Morgan fingerprint density at radius 3 is 1.43 bits per heavy atom. The van der Waals surface area contributed by atoms with E-state index in [9.17, 15) is 23.6 Å². The molecule has 6 aromatic rings. The van der Waals surface area contributed by atoms with Crippen molar-refractivity contribution >= 4 is 152 Å². The second-order valence-electron chi connectivity index (χ2n) is 18.2. The van der Waals surface area contributed by atoms with Crippen molar-refractivity contribution in [2.75, 3.05) is 49.1 Å². The van der Waals surface area contributed by atoms with Crippen LogP contribution in [0.2, 0.25) is 0 Å². The third kappa shape index (κ3) is 40.0. The van der Waals surface area contributed by atoms with E-state index < -0.39 is 48.7 Å². The first kappa shape index (κ1) is 89.4. The second-order valence-corrected chi connectivity index (χ2v) is 25.3. The van der Waals surface area contributed by atoms with E-state index in [0.717, 1.165) is 0 Å². The van der Waals surface area contributed by atoms with Crippen molar-refractivity contribution in [2.24, 2.45) is 5.73 Å². The first-order valence-corrected chi connectivity index (χ1v) is 40.8. The highest BCUT2D eigenvalue weighted by molar-refractivity contribution is 15.0. The molecule has 0 saturated heterocycles. The first-order valence-electron chi connectivity index (χ1n) is 27.1. The van der Waals surface area contributed by atoms with Crippen LogP contribution in [0, 0.1) is 11.3 Å². The van der Waals surface area contributed by atoms with E-state index in [-0.39, 0.29) is 49.5 Å². The van der Waals surface area contributed by atoms with Gasteiger partial charge in [0.05, 0.1) is 61.6 Å². The maximum absolute atomic E-state index is 13.8. The molecule has 26 nitrogen and oxygen atoms in total. The Bertz CT molecular complexity index is 3000. The second kappa shape index (κ2) is 51.6. The number of nitrogens with two attached hydrogens (primary N) is 3. The van der Waals surface area contributed by atoms with E-state index in [1.807, 2.05) is 19.9 Å². The van der Waals surface area contributed by atoms with Gasteiger partial charge in [0, 0.05) is 65.5 Å². The maximum Gasteiger partial charge on any atom is 0.402 e. The summed E-state index contributed by atoms with van der Waals surface area (Å²) in [7, 11) is -0.204. The zero-order valence-electron chi connectivity index (χ0n) is 51.3. The lowest BCUT2D eigenvalue weighted by atomic mass is 10.2. The molecule has 4 aromatic heterocycles. The number of carbonyl (C=O) groups excluding carboxylic acids is 2. The van der Waals surface area contributed by atoms with Crippen LogP contribution in [0.1, 0.15) is 103 Å². The summed E-state index contributed by atoms with van der Waals surface area (Å²) in [5.74, 6) is 0.503. The van der Waals surface area contributed by atoms with Crippen LogP contribution in [0.4, 0.5) is 11.6 Å². The zero-order valence-corrected chi connectivity index (χ0v) is 61.3. The van der Waals surface area contributed by atoms with E-state index in [1.54, 1.807) is 124 Å². The number of hydrogen-bond acceptors (Lipinski definition) is 22. The van der Waals surface area contributed by atoms with E-state index in [0.29, 0.717) is 71.4 Å². The number of aromatic nitrogens is 8. The Hall–Kier alpha value is -3.84. The van der Waals surface area contributed by atoms with E-state index in [1.165, 1.54) is 39.2 Å². The molecule has 0 radical (unpaired) electrons. The molecule has 6 atom stereocenters. The molecule has 35 heteroatoms. The molecule has 0 fully saturated rings. The maximum atomic E-state index is 13.8. The van der Waals surface area contributed by atoms with Crippen molar-refractivity contribution in [3.63, 3.8) is 0 Å². The molecular weight excluding hydrogens is 1530 g/mol. The van der Waals surface area contributed by atoms with Crippen LogP contribution in [0.5, 0.6) is 11.5 Å². The number of hydrogen-bond donors (Lipinski definition) is 5. The summed E-state index contributed by atoms with van der Waals surface area (Å²) in [6.07, 6.45) is 5.10. The summed E-state index contributed by atoms with van der Waals surface area (Å²) in [5.41, 5.74) is 19.1. The van der Waals surface area contributed by atoms with Gasteiger partial charge in [-0.05, 0) is 98.3 Å². The number of halogens is 6. The van der Waals surface area contributed by atoms with Crippen LogP contribution in [-0.4, -0.2) is 139 Å². The number of benzene rings is 2. The summed E-state index contributed by atoms with van der Waals surface area (Å²) in [4.78, 5) is 60.2. The molecule has 504 valence electrons. The molecule has 0 aliphatic carbocycles. The number of rotatable bonds is 25. The molecule has 4 heterocycles. The van der Waals surface area contributed by atoms with Crippen molar-refractivity contribution < 1.29 is 55.8 Å². The topological polar surface area (TPSA) is 365 Å². The van der Waals surface area contributed by atoms with Gasteiger partial charge in [-0.3, -0.25) is 14.2 Å². The first-order chi connectivity index (χ1) is 41.6. The summed E-state index contributed by atoms with van der Waals surface area (Å²) >= 11 is 13.8. The molecule has 6 rings (SSSR count). The average Bonchev–Trinajstić information content (AvgIpc) is 2.01. The molecule has 89 heavy (non-hydrogen) atoms. The lowest BCUT2D eigenvalue weighted by molar-refractivity contribution is -0.150. The Labute approximate surface area is 568 Å². The smallest absolute Gasteiger partial charge is 0.402 e. The number of anilines is 2. The minimum atomic E-state index is -3.91. The zero-order chi connectivity index (χ0) is 67.4. The Kier molecular flexibility index (Phi) is 51.9. The van der Waals surface area contributed by atoms with Crippen LogP contribution in [0.15, 0.2) is 86.0 Å². The van der Waals surface area contributed by atoms with E-state index in [2.05, 4.69) is 119 Å². The van der Waals surface area contributed by atoms with Crippen molar-refractivity contribution in [3.05, 3.63) is 86.0 Å². The molecule has 2 unspecified atom stereocenters. The number of alkyl halides is 2. The fourth-order valence-corrected chi connectivity index (χ4v) is 9.41. The predicted octanol–water partition coefficient (Wildman–Crippen LogP) is 12.8. The van der Waals surface area contributed by atoms with Gasteiger partial charge >= 0.3 is 27.1 Å². The van der Waals surface area contributed by atoms with Gasteiger partial charge in [0.1, 0.15) is 53.6 Å². The Morgan fingerprint density at radius 1 is 0.708 bits per heavy atom. The summed E-state index contributed by atoms with van der Waals surface area (Å²) in [6.45, 7) is 26.7. The van der Waals surface area contributed by atoms with Crippen LogP contribution < -0.4 is 31.3 Å². The van der Waals surface area contributed by atoms with Crippen molar-refractivity contribution in [1.29, 1.82) is 5.26 Å². The van der Waals surface area contributed by atoms with Gasteiger partial charge in [-0.2, -0.15) is 5.26 Å². The molecule has 0 spiro atoms. The van der Waals surface area contributed by atoms with E-state index in [4.69, 9.17) is 77.9 Å². The quantitative estimate of drug-likeness (QED) is 0.0117. The van der Waals surface area contributed by atoms with Gasteiger partial charge in [0.25, 0.3) is 0 Å². The minimum absolute atomic E-state index is 0. The van der Waals surface area contributed by atoms with Gasteiger partial charge in [-0.25, -0.2) is 43.8 Å². The van der Waals surface area contributed by atoms with Crippen LogP contribution in [0.25, 0.3) is 22.3 Å². The largest absolute Gasteiger partial charge is 0.462 e. The predicted molar refractivity (Wildman–Crippen MR) is 376 cm³/mol. The SMILES string of the molecule is C.CC#N.CCN(CC)CC.CC[C@H](N)C(=O)OC(C)C.CC[C@H](NP(=O)(CO[C@H](C)Cn1cnc2c(N)ncnc21)Oc1ccccc1)C(=O)OC(C)C.C[C@H](Cn1cnc2c(N)ncnc21)OCP(=O)(O)Oc1ccccc1.ClCCl.II.O=S(Cl)Cl. The standard InChI is InChI=1S/C22H31N6O5P.C15H18N5O4P.C7H15NO2.C6H15N.C2H3N.CH2Cl2.CH4.Cl2OS.I2/c1-5-18(22(29)32-15(2)3)27-34(30,33-17-9-7-6-8-10-17)14-31-16(4)11-28-13-26-19-20(23)24-12-25-21(19)28;1-11(7-20-9-19-13-14(16)17-8-18-15(13)20)23-10-25(21,22)24-12-5-3-2-4-6-12;1-4-6(8)7(9)10-5(2)3;1-4-7(5-2)6-3;1-2-3;2-1-3;;1-4(2)3;1-2/h6-10,12-13,15-16,18H,5,11,14H2,1-4H3,(H,27,30)(H2,23,24,25);2-6,8-9,11H,7,10H2,1H3,(H,21,22)(H2,16,17,18);5-6H,4,8H2,1-3H3;4-6H2,1-3H3;1H3;1H2;1H4;;/t16-,18+,34?;11-;6-;;;;;;/m110....../s1. The number of imidazole rings is 2. The average molecular weight is 1620 g/mol. The highest BCUT2D eigenvalue weighted by Crippen LogP contribution is 2.45. The number of para-hydroxylation sites is 2. The summed E-state index contributed by atoms with van der Waals surface area (Å²) in [6, 6.07) is 17.7. The highest BCUT2D eigenvalue weighted by atomic mass is 128. The minimum Gasteiger partial charge on any atom is -0.462 e. The molecule has 0 saturated carbocycles. The Balaban J connectivity index is -0.00000117. The third-order valence-corrected chi connectivity index (χ3v) is 13.3. The lowest BCUT2D eigenvalue weighted by Crippen LogP contribution is -2.38. The van der Waals surface area contributed by atoms with Crippen LogP contribution >= 0.6 is 96.9 Å². The molecule has 2 aromatic carbocycles. The van der Waals surface area contributed by atoms with Crippen molar-refractivity contribution in [1.82, 2.24) is 49.0 Å². The molecular formula is C54H88Cl4I2N14O12P2S. The van der Waals surface area contributed by atoms with Gasteiger partial charge in [0.15, 0.2) is 29.3 Å². The van der Waals surface area contributed by atoms with Crippen LogP contribution in [-0.2, 0) is 60.0 Å². The fourth-order valence-electron chi connectivity index (χ4n) is 6.60. The number of esters is 2. The number of fused-ring (bicyclic) bond motifs is 2. The van der Waals surface area contributed by atoms with E-state index >= 15 is 0 Å². The number of ether oxygens (including phenoxy) is 4.